The maximum atomic E-state index is 11.5. The highest BCUT2D eigenvalue weighted by atomic mass is 35.5. The Bertz CT molecular complexity index is 332. The minimum Gasteiger partial charge on any atom is -0.291 e. The minimum atomic E-state index is -0.972. The zero-order valence-corrected chi connectivity index (χ0v) is 8.99. The molecule has 0 aromatic heterocycles. The first-order chi connectivity index (χ1) is 6.02. The molecule has 0 amide bonds. The molecule has 1 aromatic carbocycles. The van der Waals surface area contributed by atoms with Gasteiger partial charge in [0.15, 0.2) is 10.6 Å². The molecule has 13 heavy (non-hydrogen) atoms. The van der Waals surface area contributed by atoms with Crippen molar-refractivity contribution in [2.24, 2.45) is 0 Å². The second kappa shape index (κ2) is 4.12. The number of carbonyl (C=O) groups excluding carboxylic acids is 1. The molecular weight excluding hydrogens is 207 g/mol. The number of rotatable bonds is 2. The molecule has 0 unspecified atom stereocenters. The third-order valence-electron chi connectivity index (χ3n) is 1.86. The number of hydrogen-bond donors (Lipinski definition) is 0. The predicted octanol–water partition coefficient (Wildman–Crippen LogP) is 3.29. The Morgan fingerprint density at radius 1 is 1.31 bits per heavy atom. The molecule has 0 heterocycles. The van der Waals surface area contributed by atoms with Crippen molar-refractivity contribution in [1.29, 1.82) is 0 Å². The van der Waals surface area contributed by atoms with Crippen molar-refractivity contribution in [1.82, 2.24) is 0 Å². The van der Waals surface area contributed by atoms with Crippen molar-refractivity contribution in [2.75, 3.05) is 0 Å². The van der Waals surface area contributed by atoms with Gasteiger partial charge in [-0.15, -0.1) is 0 Å². The second-order valence-corrected chi connectivity index (χ2v) is 4.08. The van der Waals surface area contributed by atoms with Crippen LogP contribution in [-0.2, 0) is 0 Å². The third kappa shape index (κ3) is 2.45. The maximum absolute atomic E-state index is 11.5. The quantitative estimate of drug-likeness (QED) is 0.548. The fraction of sp³-hybridized carbons (Fsp3) is 0.300. The number of halogens is 2. The topological polar surface area (TPSA) is 17.1 Å². The lowest BCUT2D eigenvalue weighted by Crippen LogP contribution is -2.10. The van der Waals surface area contributed by atoms with Gasteiger partial charge in [0.2, 0.25) is 0 Å². The largest absolute Gasteiger partial charge is 0.291 e. The molecule has 1 nitrogen and oxygen atoms in total. The molecule has 1 aromatic rings. The monoisotopic (exact) mass is 216 g/mol. The van der Waals surface area contributed by atoms with Gasteiger partial charge in [-0.05, 0) is 25.5 Å². The summed E-state index contributed by atoms with van der Waals surface area (Å²) in [6, 6.07) is 5.64. The Labute approximate surface area is 87.7 Å². The van der Waals surface area contributed by atoms with E-state index in [1.54, 1.807) is 6.07 Å². The molecule has 3 heteroatoms. The van der Waals surface area contributed by atoms with E-state index in [0.717, 1.165) is 11.1 Å². The highest BCUT2D eigenvalue weighted by molar-refractivity contribution is 6.55. The van der Waals surface area contributed by atoms with Gasteiger partial charge in [0.1, 0.15) is 0 Å². The van der Waals surface area contributed by atoms with Crippen molar-refractivity contribution in [3.63, 3.8) is 0 Å². The zero-order valence-electron chi connectivity index (χ0n) is 7.47. The van der Waals surface area contributed by atoms with Gasteiger partial charge >= 0.3 is 0 Å². The number of aryl methyl sites for hydroxylation is 2. The molecule has 0 spiro atoms. The van der Waals surface area contributed by atoms with Crippen LogP contribution in [0, 0.1) is 13.8 Å². The van der Waals surface area contributed by atoms with E-state index in [2.05, 4.69) is 0 Å². The standard InChI is InChI=1S/C10H10Cl2O/c1-6-3-4-7(2)8(5-6)9(13)10(11)12/h3-5,10H,1-2H3. The van der Waals surface area contributed by atoms with Gasteiger partial charge in [-0.2, -0.15) is 0 Å². The molecule has 0 atom stereocenters. The van der Waals surface area contributed by atoms with Crippen molar-refractivity contribution in [3.8, 4) is 0 Å². The van der Waals surface area contributed by atoms with Gasteiger partial charge in [-0.25, -0.2) is 0 Å². The Kier molecular flexibility index (Phi) is 3.34. The summed E-state index contributed by atoms with van der Waals surface area (Å²) in [7, 11) is 0. The first kappa shape index (κ1) is 10.6. The summed E-state index contributed by atoms with van der Waals surface area (Å²) in [4.78, 5) is 10.5. The molecule has 0 saturated heterocycles. The highest BCUT2D eigenvalue weighted by Gasteiger charge is 2.16. The van der Waals surface area contributed by atoms with Crippen molar-refractivity contribution < 1.29 is 4.79 Å². The second-order valence-electron chi connectivity index (χ2n) is 2.98. The van der Waals surface area contributed by atoms with Crippen molar-refractivity contribution in [3.05, 3.63) is 34.9 Å². The molecule has 0 aliphatic heterocycles. The van der Waals surface area contributed by atoms with E-state index in [1.165, 1.54) is 0 Å². The van der Waals surface area contributed by atoms with Gasteiger partial charge in [0.25, 0.3) is 0 Å². The van der Waals surface area contributed by atoms with Crippen LogP contribution >= 0.6 is 23.2 Å². The molecular formula is C10H10Cl2O. The Hall–Kier alpha value is -0.530. The maximum Gasteiger partial charge on any atom is 0.195 e. The van der Waals surface area contributed by atoms with E-state index >= 15 is 0 Å². The Morgan fingerprint density at radius 2 is 1.92 bits per heavy atom. The van der Waals surface area contributed by atoms with E-state index in [1.807, 2.05) is 26.0 Å². The summed E-state index contributed by atoms with van der Waals surface area (Å²) in [5, 5.41) is 0. The van der Waals surface area contributed by atoms with E-state index in [-0.39, 0.29) is 5.78 Å². The van der Waals surface area contributed by atoms with Gasteiger partial charge in [-0.3, -0.25) is 4.79 Å². The van der Waals surface area contributed by atoms with Gasteiger partial charge in [-0.1, -0.05) is 40.9 Å². The first-order valence-corrected chi connectivity index (χ1v) is 4.79. The molecule has 0 aliphatic carbocycles. The first-order valence-electron chi connectivity index (χ1n) is 3.92. The lowest BCUT2D eigenvalue weighted by molar-refractivity contribution is 0.101. The number of Topliss-reactive ketones (excluding diaryl/α,β-unsaturated/α-hetero) is 1. The highest BCUT2D eigenvalue weighted by Crippen LogP contribution is 2.17. The average Bonchev–Trinajstić information content (AvgIpc) is 2.08. The van der Waals surface area contributed by atoms with Gasteiger partial charge < -0.3 is 0 Å². The Morgan fingerprint density at radius 3 is 2.46 bits per heavy atom. The van der Waals surface area contributed by atoms with E-state index in [4.69, 9.17) is 23.2 Å². The molecule has 0 radical (unpaired) electrons. The van der Waals surface area contributed by atoms with Crippen LogP contribution in [0.15, 0.2) is 18.2 Å². The minimum absolute atomic E-state index is 0.232. The van der Waals surface area contributed by atoms with Crippen LogP contribution < -0.4 is 0 Å². The van der Waals surface area contributed by atoms with Crippen LogP contribution in [0.1, 0.15) is 21.5 Å². The summed E-state index contributed by atoms with van der Waals surface area (Å²) in [5.74, 6) is -0.232. The van der Waals surface area contributed by atoms with Crippen LogP contribution in [0.3, 0.4) is 0 Å². The van der Waals surface area contributed by atoms with E-state index in [9.17, 15) is 4.79 Å². The third-order valence-corrected chi connectivity index (χ3v) is 2.25. The van der Waals surface area contributed by atoms with Crippen LogP contribution in [-0.4, -0.2) is 10.6 Å². The summed E-state index contributed by atoms with van der Waals surface area (Å²) in [5.41, 5.74) is 2.54. The molecule has 0 saturated carbocycles. The lowest BCUT2D eigenvalue weighted by atomic mass is 10.0. The van der Waals surface area contributed by atoms with Crippen LogP contribution in [0.25, 0.3) is 0 Å². The van der Waals surface area contributed by atoms with Crippen LogP contribution in [0.5, 0.6) is 0 Å². The summed E-state index contributed by atoms with van der Waals surface area (Å²) >= 11 is 11.0. The molecule has 0 aliphatic rings. The van der Waals surface area contributed by atoms with Crippen LogP contribution in [0.4, 0.5) is 0 Å². The van der Waals surface area contributed by atoms with Crippen molar-refractivity contribution in [2.45, 2.75) is 18.7 Å². The summed E-state index contributed by atoms with van der Waals surface area (Å²) < 4.78 is 0. The smallest absolute Gasteiger partial charge is 0.195 e. The van der Waals surface area contributed by atoms with Gasteiger partial charge in [0.05, 0.1) is 0 Å². The average molecular weight is 217 g/mol. The molecule has 1 rings (SSSR count). The fourth-order valence-electron chi connectivity index (χ4n) is 1.12. The molecule has 70 valence electrons. The number of carbonyl (C=O) groups is 1. The summed E-state index contributed by atoms with van der Waals surface area (Å²) in [6.07, 6.45) is 0. The number of benzene rings is 1. The number of alkyl halides is 2. The molecule has 0 N–H and O–H groups in total. The lowest BCUT2D eigenvalue weighted by Gasteiger charge is -2.05. The van der Waals surface area contributed by atoms with Crippen LogP contribution in [0.2, 0.25) is 0 Å². The van der Waals surface area contributed by atoms with Crippen molar-refractivity contribution >= 4 is 29.0 Å². The molecule has 0 fully saturated rings. The number of hydrogen-bond acceptors (Lipinski definition) is 1. The predicted molar refractivity (Wildman–Crippen MR) is 55.7 cm³/mol. The number of ketones is 1. The van der Waals surface area contributed by atoms with E-state index in [0.29, 0.717) is 5.56 Å². The fourth-order valence-corrected chi connectivity index (χ4v) is 1.35. The SMILES string of the molecule is Cc1ccc(C)c(C(=O)C(Cl)Cl)c1. The molecule has 0 bridgehead atoms. The zero-order chi connectivity index (χ0) is 10.0. The van der Waals surface area contributed by atoms with Gasteiger partial charge in [0, 0.05) is 5.56 Å². The Balaban J connectivity index is 3.13. The summed E-state index contributed by atoms with van der Waals surface area (Å²) in [6.45, 7) is 3.79. The van der Waals surface area contributed by atoms with E-state index < -0.39 is 4.84 Å². The normalized spacial score (nSPS) is 10.5.